The summed E-state index contributed by atoms with van der Waals surface area (Å²) in [7, 11) is -4.11. The summed E-state index contributed by atoms with van der Waals surface area (Å²) in [5.74, 6) is -2.33. The van der Waals surface area contributed by atoms with Gasteiger partial charge >= 0.3 is 0 Å². The third kappa shape index (κ3) is 2.56. The van der Waals surface area contributed by atoms with E-state index in [9.17, 15) is 22.4 Å². The Labute approximate surface area is 108 Å². The van der Waals surface area contributed by atoms with Crippen molar-refractivity contribution >= 4 is 27.5 Å². The van der Waals surface area contributed by atoms with Gasteiger partial charge in [0.2, 0.25) is 21.8 Å². The minimum atomic E-state index is -4.11. The second kappa shape index (κ2) is 4.59. The molecule has 0 saturated carbocycles. The zero-order chi connectivity index (χ0) is 14.2. The number of nitrogens with zero attached hydrogens (tertiary/aromatic N) is 1. The van der Waals surface area contributed by atoms with Gasteiger partial charge in [-0.3, -0.25) is 14.9 Å². The summed E-state index contributed by atoms with van der Waals surface area (Å²) in [4.78, 5) is 21.9. The van der Waals surface area contributed by atoms with Crippen LogP contribution >= 0.6 is 0 Å². The van der Waals surface area contributed by atoms with E-state index in [2.05, 4.69) is 0 Å². The molecule has 102 valence electrons. The average Bonchev–Trinajstić information content (AvgIpc) is 2.31. The van der Waals surface area contributed by atoms with E-state index in [0.29, 0.717) is 4.31 Å². The number of imide groups is 1. The average molecular weight is 287 g/mol. The van der Waals surface area contributed by atoms with Gasteiger partial charge in [0, 0.05) is 0 Å². The van der Waals surface area contributed by atoms with Crippen LogP contribution in [0, 0.1) is 5.82 Å². The fraction of sp³-hybridized carbons (Fsp3) is 0.200. The molecule has 7 nitrogen and oxygen atoms in total. The Hall–Kier alpha value is -2.00. The summed E-state index contributed by atoms with van der Waals surface area (Å²) < 4.78 is 38.2. The smallest absolute Gasteiger partial charge is 0.244 e. The van der Waals surface area contributed by atoms with E-state index in [1.807, 2.05) is 5.32 Å². The summed E-state index contributed by atoms with van der Waals surface area (Å²) in [5, 5.41) is 1.98. The van der Waals surface area contributed by atoms with Gasteiger partial charge in [-0.15, -0.1) is 0 Å². The van der Waals surface area contributed by atoms with Crippen LogP contribution in [0.5, 0.6) is 0 Å². The largest absolute Gasteiger partial charge is 0.396 e. The monoisotopic (exact) mass is 287 g/mol. The second-order valence-corrected chi connectivity index (χ2v) is 5.87. The normalized spacial score (nSPS) is 17.3. The van der Waals surface area contributed by atoms with Gasteiger partial charge < -0.3 is 5.73 Å². The standard InChI is InChI=1S/C10H10FN3O4S/c11-7-3-6(1-2-8(7)12)19(17,18)14-4-9(15)13-10(16)5-14/h1-3H,4-5,12H2,(H,13,15,16). The molecule has 1 saturated heterocycles. The molecule has 1 aliphatic rings. The van der Waals surface area contributed by atoms with Gasteiger partial charge in [-0.1, -0.05) is 0 Å². The minimum Gasteiger partial charge on any atom is -0.396 e. The van der Waals surface area contributed by atoms with E-state index < -0.39 is 40.7 Å². The molecule has 0 bridgehead atoms. The number of nitrogens with two attached hydrogens (primary N) is 1. The summed E-state index contributed by atoms with van der Waals surface area (Å²) in [5.41, 5.74) is 5.06. The number of carbonyl (C=O) groups excluding carboxylic acids is 2. The topological polar surface area (TPSA) is 110 Å². The minimum absolute atomic E-state index is 0.189. The fourth-order valence-corrected chi connectivity index (χ4v) is 2.96. The molecule has 2 amide bonds. The molecule has 0 aliphatic carbocycles. The lowest BCUT2D eigenvalue weighted by Gasteiger charge is -2.24. The first kappa shape index (κ1) is 13.4. The molecule has 1 aromatic carbocycles. The Morgan fingerprint density at radius 2 is 1.79 bits per heavy atom. The third-order valence-electron chi connectivity index (χ3n) is 2.53. The van der Waals surface area contributed by atoms with Gasteiger partial charge in [0.1, 0.15) is 5.82 Å². The van der Waals surface area contributed by atoms with Crippen LogP contribution in [0.4, 0.5) is 10.1 Å². The number of piperazine rings is 1. The third-order valence-corrected chi connectivity index (χ3v) is 4.32. The molecule has 1 heterocycles. The molecular formula is C10H10FN3O4S. The number of benzene rings is 1. The fourth-order valence-electron chi connectivity index (χ4n) is 1.60. The van der Waals surface area contributed by atoms with Crippen molar-refractivity contribution < 1.29 is 22.4 Å². The highest BCUT2D eigenvalue weighted by Crippen LogP contribution is 2.20. The maximum atomic E-state index is 13.3. The van der Waals surface area contributed by atoms with E-state index in [1.165, 1.54) is 0 Å². The van der Waals surface area contributed by atoms with Crippen LogP contribution in [0.3, 0.4) is 0 Å². The van der Waals surface area contributed by atoms with Gasteiger partial charge in [-0.05, 0) is 18.2 Å². The SMILES string of the molecule is Nc1ccc(S(=O)(=O)N2CC(=O)NC(=O)C2)cc1F. The van der Waals surface area contributed by atoms with E-state index in [0.717, 1.165) is 18.2 Å². The van der Waals surface area contributed by atoms with Crippen LogP contribution in [0.25, 0.3) is 0 Å². The van der Waals surface area contributed by atoms with Gasteiger partial charge in [0.05, 0.1) is 23.7 Å². The van der Waals surface area contributed by atoms with Gasteiger partial charge in [-0.25, -0.2) is 12.8 Å². The first-order valence-corrected chi connectivity index (χ1v) is 6.62. The molecule has 0 unspecified atom stereocenters. The number of amides is 2. The number of halogens is 1. The molecule has 9 heteroatoms. The number of nitrogen functional groups attached to an aromatic ring is 1. The Balaban J connectivity index is 2.39. The molecule has 0 aromatic heterocycles. The van der Waals surface area contributed by atoms with Crippen molar-refractivity contribution in [2.45, 2.75) is 4.90 Å². The van der Waals surface area contributed by atoms with E-state index in [1.54, 1.807) is 0 Å². The van der Waals surface area contributed by atoms with Crippen LogP contribution in [0.15, 0.2) is 23.1 Å². The molecule has 0 radical (unpaired) electrons. The molecule has 3 N–H and O–H groups in total. The van der Waals surface area contributed by atoms with Crippen LogP contribution < -0.4 is 11.1 Å². The molecular weight excluding hydrogens is 277 g/mol. The molecule has 19 heavy (non-hydrogen) atoms. The zero-order valence-corrected chi connectivity index (χ0v) is 10.4. The summed E-state index contributed by atoms with van der Waals surface area (Å²) >= 11 is 0. The van der Waals surface area contributed by atoms with Crippen molar-refractivity contribution in [3.05, 3.63) is 24.0 Å². The highest BCUT2D eigenvalue weighted by molar-refractivity contribution is 7.89. The van der Waals surface area contributed by atoms with Crippen molar-refractivity contribution in [1.82, 2.24) is 9.62 Å². The lowest BCUT2D eigenvalue weighted by molar-refractivity contribution is -0.134. The Morgan fingerprint density at radius 3 is 2.32 bits per heavy atom. The van der Waals surface area contributed by atoms with Crippen LogP contribution in [-0.4, -0.2) is 37.6 Å². The van der Waals surface area contributed by atoms with Crippen molar-refractivity contribution in [3.63, 3.8) is 0 Å². The maximum Gasteiger partial charge on any atom is 0.244 e. The molecule has 1 aromatic rings. The number of anilines is 1. The highest BCUT2D eigenvalue weighted by atomic mass is 32.2. The van der Waals surface area contributed by atoms with Crippen molar-refractivity contribution in [1.29, 1.82) is 0 Å². The number of carbonyl (C=O) groups is 2. The molecule has 1 fully saturated rings. The zero-order valence-electron chi connectivity index (χ0n) is 9.59. The Morgan fingerprint density at radius 1 is 1.21 bits per heavy atom. The van der Waals surface area contributed by atoms with Crippen LogP contribution in [0.1, 0.15) is 0 Å². The van der Waals surface area contributed by atoms with Gasteiger partial charge in [0.15, 0.2) is 0 Å². The lowest BCUT2D eigenvalue weighted by atomic mass is 10.3. The number of rotatable bonds is 2. The van der Waals surface area contributed by atoms with Crippen molar-refractivity contribution in [3.8, 4) is 0 Å². The molecule has 1 aliphatic heterocycles. The van der Waals surface area contributed by atoms with Crippen molar-refractivity contribution in [2.75, 3.05) is 18.8 Å². The summed E-state index contributed by atoms with van der Waals surface area (Å²) in [6.45, 7) is -0.972. The second-order valence-electron chi connectivity index (χ2n) is 3.93. The first-order chi connectivity index (χ1) is 8.80. The number of sulfonamides is 1. The molecule has 2 rings (SSSR count). The maximum absolute atomic E-state index is 13.3. The quantitative estimate of drug-likeness (QED) is 0.538. The Kier molecular flexibility index (Phi) is 3.25. The Bertz CT molecular complexity index is 643. The first-order valence-electron chi connectivity index (χ1n) is 5.18. The highest BCUT2D eigenvalue weighted by Gasteiger charge is 2.33. The van der Waals surface area contributed by atoms with E-state index in [4.69, 9.17) is 5.73 Å². The van der Waals surface area contributed by atoms with Crippen LogP contribution in [-0.2, 0) is 19.6 Å². The summed E-state index contributed by atoms with van der Waals surface area (Å²) in [6, 6.07) is 2.97. The van der Waals surface area contributed by atoms with Crippen LogP contribution in [0.2, 0.25) is 0 Å². The number of hydrogen-bond acceptors (Lipinski definition) is 5. The predicted octanol–water partition coefficient (Wildman–Crippen LogP) is -0.945. The number of hydrogen-bond donors (Lipinski definition) is 2. The van der Waals surface area contributed by atoms with Gasteiger partial charge in [-0.2, -0.15) is 4.31 Å². The van der Waals surface area contributed by atoms with Crippen molar-refractivity contribution in [2.24, 2.45) is 0 Å². The van der Waals surface area contributed by atoms with E-state index >= 15 is 0 Å². The van der Waals surface area contributed by atoms with Gasteiger partial charge in [0.25, 0.3) is 0 Å². The summed E-state index contributed by atoms with van der Waals surface area (Å²) in [6.07, 6.45) is 0. The number of nitrogens with one attached hydrogen (secondary N) is 1. The molecule has 0 atom stereocenters. The predicted molar refractivity (Wildman–Crippen MR) is 62.7 cm³/mol. The lowest BCUT2D eigenvalue weighted by Crippen LogP contribution is -2.53. The van der Waals surface area contributed by atoms with E-state index in [-0.39, 0.29) is 10.6 Å². The molecule has 0 spiro atoms.